The van der Waals surface area contributed by atoms with E-state index in [0.717, 1.165) is 19.4 Å². The third-order valence-electron chi connectivity index (χ3n) is 10.9. The smallest absolute Gasteiger partial charge is 0.223 e. The Balaban J connectivity index is 2.02. The summed E-state index contributed by atoms with van der Waals surface area (Å²) in [6.45, 7) is 8.04. The van der Waals surface area contributed by atoms with E-state index >= 15 is 0 Å². The van der Waals surface area contributed by atoms with Crippen molar-refractivity contribution in [3.8, 4) is 0 Å². The van der Waals surface area contributed by atoms with Gasteiger partial charge < -0.3 is 4.90 Å². The van der Waals surface area contributed by atoms with Crippen molar-refractivity contribution in [2.75, 3.05) is 6.54 Å². The number of rotatable bonds is 35. The van der Waals surface area contributed by atoms with Crippen LogP contribution < -0.4 is 0 Å². The predicted octanol–water partition coefficient (Wildman–Crippen LogP) is 14.7. The topological polar surface area (TPSA) is 20.3 Å². The number of nitrogens with zero attached hydrogens (tertiary/aromatic N) is 1. The van der Waals surface area contributed by atoms with Gasteiger partial charge in [0.1, 0.15) is 0 Å². The molecule has 44 heavy (non-hydrogen) atoms. The molecule has 1 aliphatic heterocycles. The van der Waals surface area contributed by atoms with Crippen LogP contribution in [0.5, 0.6) is 0 Å². The zero-order chi connectivity index (χ0) is 31.8. The Morgan fingerprint density at radius 1 is 0.432 bits per heavy atom. The monoisotopic (exact) mass is 618 g/mol. The first kappa shape index (κ1) is 41.5. The first-order valence-electron chi connectivity index (χ1n) is 20.9. The molecule has 0 spiro atoms. The van der Waals surface area contributed by atoms with Crippen LogP contribution in [0.1, 0.15) is 252 Å². The van der Waals surface area contributed by atoms with Crippen molar-refractivity contribution in [3.05, 3.63) is 0 Å². The standard InChI is InChI=1S/C42H83NO/c1-4-6-8-10-12-14-16-18-20-22-24-26-28-30-32-34-38-42(3,43-40-36-37-41(43)44)39-35-33-31-29-27-25-23-21-19-17-15-13-11-9-7-5-2/h4-40H2,1-3H3. The Kier molecular flexibility index (Phi) is 29.3. The fraction of sp³-hybridized carbons (Fsp3) is 0.976. The fourth-order valence-corrected chi connectivity index (χ4v) is 7.72. The average molecular weight is 618 g/mol. The van der Waals surface area contributed by atoms with Gasteiger partial charge in [-0.25, -0.2) is 0 Å². The molecule has 0 atom stereocenters. The van der Waals surface area contributed by atoms with Crippen LogP contribution >= 0.6 is 0 Å². The summed E-state index contributed by atoms with van der Waals surface area (Å²) in [5.74, 6) is 0.431. The third kappa shape index (κ3) is 23.8. The van der Waals surface area contributed by atoms with Crippen molar-refractivity contribution < 1.29 is 4.79 Å². The van der Waals surface area contributed by atoms with Crippen LogP contribution in [0.3, 0.4) is 0 Å². The molecule has 2 nitrogen and oxygen atoms in total. The predicted molar refractivity (Wildman–Crippen MR) is 198 cm³/mol. The molecule has 1 rings (SSSR count). The highest BCUT2D eigenvalue weighted by molar-refractivity contribution is 5.78. The number of hydrogen-bond acceptors (Lipinski definition) is 1. The van der Waals surface area contributed by atoms with Gasteiger partial charge in [-0.05, 0) is 26.2 Å². The van der Waals surface area contributed by atoms with E-state index in [2.05, 4.69) is 25.7 Å². The number of unbranched alkanes of at least 4 members (excludes halogenated alkanes) is 30. The molecule has 262 valence electrons. The molecular formula is C42H83NO. The minimum absolute atomic E-state index is 0.111. The van der Waals surface area contributed by atoms with E-state index in [1.54, 1.807) is 0 Å². The van der Waals surface area contributed by atoms with Crippen LogP contribution in [0.4, 0.5) is 0 Å². The van der Waals surface area contributed by atoms with Crippen molar-refractivity contribution in [1.29, 1.82) is 0 Å². The van der Waals surface area contributed by atoms with Gasteiger partial charge in [-0.1, -0.05) is 219 Å². The number of hydrogen-bond donors (Lipinski definition) is 0. The molecule has 0 bridgehead atoms. The molecule has 1 heterocycles. The Morgan fingerprint density at radius 3 is 0.909 bits per heavy atom. The summed E-state index contributed by atoms with van der Waals surface area (Å²) in [7, 11) is 0. The maximum Gasteiger partial charge on any atom is 0.223 e. The van der Waals surface area contributed by atoms with Crippen molar-refractivity contribution in [3.63, 3.8) is 0 Å². The Bertz CT molecular complexity index is 565. The quantitative estimate of drug-likeness (QED) is 0.0648. The summed E-state index contributed by atoms with van der Waals surface area (Å²) in [5, 5.41) is 0. The van der Waals surface area contributed by atoms with Crippen LogP contribution in [0.2, 0.25) is 0 Å². The maximum absolute atomic E-state index is 12.7. The summed E-state index contributed by atoms with van der Waals surface area (Å²) < 4.78 is 0. The van der Waals surface area contributed by atoms with Gasteiger partial charge in [-0.3, -0.25) is 4.79 Å². The molecule has 0 aromatic heterocycles. The molecule has 0 radical (unpaired) electrons. The molecule has 0 saturated carbocycles. The highest BCUT2D eigenvalue weighted by atomic mass is 16.2. The van der Waals surface area contributed by atoms with Gasteiger partial charge in [-0.15, -0.1) is 0 Å². The van der Waals surface area contributed by atoms with Gasteiger partial charge in [-0.2, -0.15) is 0 Å². The van der Waals surface area contributed by atoms with Crippen molar-refractivity contribution in [1.82, 2.24) is 4.90 Å². The summed E-state index contributed by atoms with van der Waals surface area (Å²) in [4.78, 5) is 15.0. The lowest BCUT2D eigenvalue weighted by molar-refractivity contribution is -0.133. The van der Waals surface area contributed by atoms with E-state index in [9.17, 15) is 4.79 Å². The van der Waals surface area contributed by atoms with E-state index in [-0.39, 0.29) is 5.54 Å². The van der Waals surface area contributed by atoms with Gasteiger partial charge in [0.25, 0.3) is 0 Å². The second-order valence-electron chi connectivity index (χ2n) is 15.3. The zero-order valence-electron chi connectivity index (χ0n) is 31.0. The summed E-state index contributed by atoms with van der Waals surface area (Å²) in [5.41, 5.74) is 0.111. The third-order valence-corrected chi connectivity index (χ3v) is 10.9. The van der Waals surface area contributed by atoms with Crippen LogP contribution in [-0.4, -0.2) is 22.9 Å². The van der Waals surface area contributed by atoms with Crippen molar-refractivity contribution >= 4 is 5.91 Å². The summed E-state index contributed by atoms with van der Waals surface area (Å²) in [6, 6.07) is 0. The number of carbonyl (C=O) groups is 1. The Morgan fingerprint density at radius 2 is 0.682 bits per heavy atom. The molecule has 0 aromatic rings. The van der Waals surface area contributed by atoms with E-state index in [1.165, 1.54) is 218 Å². The van der Waals surface area contributed by atoms with Crippen LogP contribution in [0.25, 0.3) is 0 Å². The Hall–Kier alpha value is -0.530. The number of amides is 1. The summed E-state index contributed by atoms with van der Waals surface area (Å²) >= 11 is 0. The SMILES string of the molecule is CCCCCCCCCCCCCCCCCCC(C)(CCCCCCCCCCCCCCCCCC)N1CCCC1=O. The van der Waals surface area contributed by atoms with E-state index in [1.807, 2.05) is 0 Å². The van der Waals surface area contributed by atoms with Crippen molar-refractivity contribution in [2.45, 2.75) is 257 Å². The molecular weight excluding hydrogens is 534 g/mol. The zero-order valence-corrected chi connectivity index (χ0v) is 31.0. The van der Waals surface area contributed by atoms with Gasteiger partial charge in [0.05, 0.1) is 0 Å². The lowest BCUT2D eigenvalue weighted by Gasteiger charge is -2.39. The number of carbonyl (C=O) groups excluding carboxylic acids is 1. The maximum atomic E-state index is 12.7. The van der Waals surface area contributed by atoms with E-state index in [0.29, 0.717) is 5.91 Å². The van der Waals surface area contributed by atoms with Crippen LogP contribution in [0, 0.1) is 0 Å². The lowest BCUT2D eigenvalue weighted by atomic mass is 9.86. The van der Waals surface area contributed by atoms with Gasteiger partial charge in [0, 0.05) is 18.5 Å². The number of likely N-dealkylation sites (tertiary alicyclic amines) is 1. The molecule has 0 N–H and O–H groups in total. The van der Waals surface area contributed by atoms with Gasteiger partial charge >= 0.3 is 0 Å². The minimum Gasteiger partial charge on any atom is -0.337 e. The minimum atomic E-state index is 0.111. The lowest BCUT2D eigenvalue weighted by Crippen LogP contribution is -2.47. The average Bonchev–Trinajstić information content (AvgIpc) is 3.47. The van der Waals surface area contributed by atoms with E-state index in [4.69, 9.17) is 0 Å². The van der Waals surface area contributed by atoms with Crippen LogP contribution in [0.15, 0.2) is 0 Å². The first-order valence-corrected chi connectivity index (χ1v) is 20.9. The highest BCUT2D eigenvalue weighted by Crippen LogP contribution is 2.33. The molecule has 1 amide bonds. The highest BCUT2D eigenvalue weighted by Gasteiger charge is 2.36. The van der Waals surface area contributed by atoms with Crippen LogP contribution in [-0.2, 0) is 4.79 Å². The largest absolute Gasteiger partial charge is 0.337 e. The van der Waals surface area contributed by atoms with Gasteiger partial charge in [0.15, 0.2) is 0 Å². The fourth-order valence-electron chi connectivity index (χ4n) is 7.72. The van der Waals surface area contributed by atoms with Gasteiger partial charge in [0.2, 0.25) is 5.91 Å². The Labute approximate surface area is 279 Å². The molecule has 0 aromatic carbocycles. The second kappa shape index (κ2) is 31.1. The summed E-state index contributed by atoms with van der Waals surface area (Å²) in [6.07, 6.45) is 49.9. The molecule has 1 saturated heterocycles. The molecule has 2 heteroatoms. The first-order chi connectivity index (χ1) is 21.6. The normalized spacial score (nSPS) is 13.9. The molecule has 0 aliphatic carbocycles. The second-order valence-corrected chi connectivity index (χ2v) is 15.3. The van der Waals surface area contributed by atoms with Crippen molar-refractivity contribution in [2.24, 2.45) is 0 Å². The molecule has 0 unspecified atom stereocenters. The molecule has 1 fully saturated rings. The molecule has 1 aliphatic rings. The van der Waals surface area contributed by atoms with E-state index < -0.39 is 0 Å².